The van der Waals surface area contributed by atoms with Crippen LogP contribution in [0.15, 0.2) is 12.4 Å². The SMILES string of the molecule is COc1nc(N2CCCC(C)(O)C2)nc(N2CC3(C2)SCc2sc(N)c(C#N)c23)n1.FC(F)(F)c1cc(OCC2CCC3CCCN32)ncn1. The van der Waals surface area contributed by atoms with Gasteiger partial charge in [0.1, 0.15) is 24.0 Å². The van der Waals surface area contributed by atoms with Crippen molar-refractivity contribution in [3.05, 3.63) is 34.1 Å². The lowest BCUT2D eigenvalue weighted by Gasteiger charge is -2.48. The fourth-order valence-corrected chi connectivity index (χ4v) is 10.5. The quantitative estimate of drug-likeness (QED) is 0.371. The van der Waals surface area contributed by atoms with Gasteiger partial charge in [0.05, 0.1) is 23.0 Å². The van der Waals surface area contributed by atoms with Crippen LogP contribution in [-0.4, -0.2) is 99.1 Å². The van der Waals surface area contributed by atoms with Gasteiger partial charge in [-0.2, -0.15) is 33.4 Å². The zero-order valence-corrected chi connectivity index (χ0v) is 29.5. The number of β-amino-alcohol motifs (C(OH)–C–C–N with tert-alkyl or cyclic N) is 1. The smallest absolute Gasteiger partial charge is 0.433 e. The second-order valence-electron chi connectivity index (χ2n) is 13.6. The summed E-state index contributed by atoms with van der Waals surface area (Å²) in [5.74, 6) is 1.96. The molecule has 0 radical (unpaired) electrons. The van der Waals surface area contributed by atoms with Crippen LogP contribution in [0.4, 0.5) is 30.1 Å². The van der Waals surface area contributed by atoms with E-state index in [0.717, 1.165) is 62.5 Å². The van der Waals surface area contributed by atoms with Gasteiger partial charge in [-0.3, -0.25) is 4.90 Å². The summed E-state index contributed by atoms with van der Waals surface area (Å²) in [4.78, 5) is 28.2. The summed E-state index contributed by atoms with van der Waals surface area (Å²) >= 11 is 3.39. The van der Waals surface area contributed by atoms with Gasteiger partial charge in [-0.15, -0.1) is 23.1 Å². The zero-order chi connectivity index (χ0) is 35.3. The second kappa shape index (κ2) is 13.5. The minimum absolute atomic E-state index is 0.00466. The molecule has 3 N–H and O–H groups in total. The molecule has 3 unspecified atom stereocenters. The molecule has 0 aliphatic carbocycles. The Labute approximate surface area is 296 Å². The zero-order valence-electron chi connectivity index (χ0n) is 27.8. The van der Waals surface area contributed by atoms with E-state index in [4.69, 9.17) is 20.2 Å². The van der Waals surface area contributed by atoms with Gasteiger partial charge < -0.3 is 30.1 Å². The number of nitrogens with zero attached hydrogens (tertiary/aromatic N) is 9. The van der Waals surface area contributed by atoms with Crippen molar-refractivity contribution in [2.24, 2.45) is 0 Å². The first-order chi connectivity index (χ1) is 23.9. The second-order valence-corrected chi connectivity index (χ2v) is 16.1. The Hall–Kier alpha value is -3.66. The van der Waals surface area contributed by atoms with Crippen LogP contribution < -0.4 is 25.0 Å². The van der Waals surface area contributed by atoms with Crippen molar-refractivity contribution < 1.29 is 27.8 Å². The number of piperidine rings is 1. The normalized spacial score (nSPS) is 25.4. The Bertz CT molecular complexity index is 1760. The van der Waals surface area contributed by atoms with E-state index in [0.29, 0.717) is 60.8 Å². The maximum atomic E-state index is 12.5. The van der Waals surface area contributed by atoms with Crippen LogP contribution in [0.25, 0.3) is 0 Å². The predicted octanol–water partition coefficient (Wildman–Crippen LogP) is 4.21. The number of rotatable bonds is 6. The van der Waals surface area contributed by atoms with Crippen LogP contribution in [-0.2, 0) is 16.7 Å². The lowest BCUT2D eigenvalue weighted by Crippen LogP contribution is -2.57. The monoisotopic (exact) mass is 732 g/mol. The lowest BCUT2D eigenvalue weighted by atomic mass is 9.88. The van der Waals surface area contributed by atoms with Crippen molar-refractivity contribution in [2.75, 3.05) is 62.0 Å². The number of aromatic nitrogens is 5. The minimum Gasteiger partial charge on any atom is -0.476 e. The highest BCUT2D eigenvalue weighted by molar-refractivity contribution is 8.00. The van der Waals surface area contributed by atoms with E-state index in [-0.39, 0.29) is 16.6 Å². The molecular weight excluding hydrogens is 694 g/mol. The van der Waals surface area contributed by atoms with E-state index >= 15 is 0 Å². The molecule has 0 amide bonds. The van der Waals surface area contributed by atoms with Crippen LogP contribution in [0, 0.1) is 11.3 Å². The van der Waals surface area contributed by atoms with Crippen LogP contribution in [0.5, 0.6) is 11.9 Å². The molecule has 4 fully saturated rings. The Morgan fingerprint density at radius 3 is 2.58 bits per heavy atom. The Morgan fingerprint density at radius 2 is 1.86 bits per heavy atom. The van der Waals surface area contributed by atoms with E-state index in [1.807, 2.05) is 23.6 Å². The third kappa shape index (κ3) is 6.84. The molecule has 3 aromatic rings. The average molecular weight is 733 g/mol. The molecular formula is C32H39F3N10O3S2. The molecule has 0 aromatic carbocycles. The van der Waals surface area contributed by atoms with Gasteiger partial charge in [0, 0.05) is 60.5 Å². The summed E-state index contributed by atoms with van der Waals surface area (Å²) in [7, 11) is 1.54. The first-order valence-electron chi connectivity index (χ1n) is 16.6. The lowest BCUT2D eigenvalue weighted by molar-refractivity contribution is -0.141. The fraction of sp³-hybridized carbons (Fsp3) is 0.625. The standard InChI is InChI=1S/C19H23N7O2S2.C13H16F3N3O/c1-18(27)4-3-5-25(8-18)15-22-16(24-17(23-15)28-2)26-9-19(10-26)13-11(6-20)14(21)30-12(13)7-29-19;14-13(15,16)11-6-12(18-8-17-11)20-7-10-4-3-9-2-1-5-19(9)10/h27H,3-5,7-10,21H2,1-2H3;6,8-10H,1-5,7H2. The molecule has 5 aliphatic heterocycles. The number of thioether (sulfide) groups is 1. The van der Waals surface area contributed by atoms with Gasteiger partial charge >= 0.3 is 12.2 Å². The number of hydrogen-bond donors (Lipinski definition) is 2. The van der Waals surface area contributed by atoms with Crippen LogP contribution >= 0.6 is 23.1 Å². The van der Waals surface area contributed by atoms with E-state index in [1.165, 1.54) is 29.1 Å². The summed E-state index contributed by atoms with van der Waals surface area (Å²) in [6.07, 6.45) is 2.69. The van der Waals surface area contributed by atoms with Gasteiger partial charge in [0.15, 0.2) is 5.69 Å². The Morgan fingerprint density at radius 1 is 1.08 bits per heavy atom. The summed E-state index contributed by atoms with van der Waals surface area (Å²) < 4.78 is 48.2. The maximum absolute atomic E-state index is 12.5. The topological polar surface area (TPSA) is 163 Å². The molecule has 4 saturated heterocycles. The van der Waals surface area contributed by atoms with Crippen molar-refractivity contribution in [3.63, 3.8) is 0 Å². The first-order valence-corrected chi connectivity index (χ1v) is 18.4. The maximum Gasteiger partial charge on any atom is 0.433 e. The number of hydrogen-bond acceptors (Lipinski definition) is 15. The molecule has 13 nitrogen and oxygen atoms in total. The van der Waals surface area contributed by atoms with Crippen molar-refractivity contribution in [1.82, 2.24) is 29.8 Å². The molecule has 5 aliphatic rings. The number of nitriles is 1. The van der Waals surface area contributed by atoms with Crippen LogP contribution in [0.2, 0.25) is 0 Å². The molecule has 18 heteroatoms. The van der Waals surface area contributed by atoms with Crippen LogP contribution in [0.1, 0.15) is 67.1 Å². The number of nitrogens with two attached hydrogens (primary N) is 1. The Kier molecular flexibility index (Phi) is 9.37. The summed E-state index contributed by atoms with van der Waals surface area (Å²) in [6, 6.07) is 4.35. The van der Waals surface area contributed by atoms with Gasteiger partial charge in [-0.25, -0.2) is 9.97 Å². The number of halogens is 3. The number of fused-ring (bicyclic) bond motifs is 3. The molecule has 8 rings (SSSR count). The largest absolute Gasteiger partial charge is 0.476 e. The number of alkyl halides is 3. The number of ether oxygens (including phenoxy) is 2. The summed E-state index contributed by atoms with van der Waals surface area (Å²) in [6.45, 7) is 5.97. The third-order valence-electron chi connectivity index (χ3n) is 10.0. The van der Waals surface area contributed by atoms with Crippen LogP contribution in [0.3, 0.4) is 0 Å². The molecule has 268 valence electrons. The number of thiophene rings is 1. The van der Waals surface area contributed by atoms with Crippen molar-refractivity contribution in [1.29, 1.82) is 5.26 Å². The first kappa shape index (κ1) is 34.8. The van der Waals surface area contributed by atoms with Gasteiger partial charge in [0.25, 0.3) is 0 Å². The highest BCUT2D eigenvalue weighted by Crippen LogP contribution is 2.57. The van der Waals surface area contributed by atoms with Gasteiger partial charge in [0.2, 0.25) is 17.8 Å². The van der Waals surface area contributed by atoms with E-state index in [9.17, 15) is 23.5 Å². The van der Waals surface area contributed by atoms with Gasteiger partial charge in [-0.1, -0.05) is 0 Å². The molecule has 3 aromatic heterocycles. The summed E-state index contributed by atoms with van der Waals surface area (Å²) in [5, 5.41) is 20.6. The van der Waals surface area contributed by atoms with Crippen molar-refractivity contribution in [2.45, 2.75) is 79.8 Å². The highest BCUT2D eigenvalue weighted by Gasteiger charge is 2.53. The predicted molar refractivity (Wildman–Crippen MR) is 182 cm³/mol. The van der Waals surface area contributed by atoms with Crippen molar-refractivity contribution in [3.8, 4) is 18.0 Å². The number of anilines is 3. The number of aliphatic hydroxyl groups is 1. The highest BCUT2D eigenvalue weighted by atomic mass is 32.2. The molecule has 0 bridgehead atoms. The fourth-order valence-electron chi connectivity index (χ4n) is 7.66. The van der Waals surface area contributed by atoms with E-state index in [1.54, 1.807) is 7.11 Å². The van der Waals surface area contributed by atoms with Gasteiger partial charge in [-0.05, 0) is 52.0 Å². The molecule has 1 spiro atoms. The minimum atomic E-state index is -4.46. The molecule has 8 heterocycles. The summed E-state index contributed by atoms with van der Waals surface area (Å²) in [5.41, 5.74) is 6.07. The Balaban J connectivity index is 0.000000170. The van der Waals surface area contributed by atoms with E-state index in [2.05, 4.69) is 35.8 Å². The number of methoxy groups -OCH3 is 1. The van der Waals surface area contributed by atoms with E-state index < -0.39 is 17.5 Å². The average Bonchev–Trinajstić information content (AvgIpc) is 3.84. The number of nitrogen functional groups attached to an aromatic ring is 1. The molecule has 50 heavy (non-hydrogen) atoms. The molecule has 3 atom stereocenters. The third-order valence-corrected chi connectivity index (χ3v) is 12.7. The van der Waals surface area contributed by atoms with Crippen molar-refractivity contribution >= 4 is 40.0 Å². The molecule has 0 saturated carbocycles.